The molecule has 4 aromatic heterocycles. The van der Waals surface area contributed by atoms with E-state index in [-0.39, 0.29) is 85.9 Å². The van der Waals surface area contributed by atoms with Crippen LogP contribution in [0.2, 0.25) is 0 Å². The number of aromatic nitrogens is 6. The Morgan fingerprint density at radius 3 is 1.46 bits per heavy atom. The van der Waals surface area contributed by atoms with Crippen LogP contribution in [0.15, 0.2) is 85.5 Å². The van der Waals surface area contributed by atoms with Gasteiger partial charge in [0.1, 0.15) is 23.9 Å². The van der Waals surface area contributed by atoms with E-state index in [0.717, 1.165) is 24.3 Å². The highest BCUT2D eigenvalue weighted by atomic mass is 32.1. The summed E-state index contributed by atoms with van der Waals surface area (Å²) >= 11 is 0. The molecule has 0 bridgehead atoms. The van der Waals surface area contributed by atoms with E-state index in [4.69, 9.17) is 5.73 Å². The number of amides is 2. The normalized spacial score (nSPS) is 15.1. The number of rotatable bonds is 4. The second-order valence-corrected chi connectivity index (χ2v) is 14.9. The standard InChI is InChI=1S/C23H18F4N4O.C22H18F3N5O2.H2P.2H2S/c1-14-9-18(10-24)16(11-28-14)3-4-17-12-29-31-15(2)13-30(22(32)21(17)31)20-7-5-19(6-8-20)23(25,26)27;1-13-11-29(18-6-4-17(5-7-18)22(23,24)25)21(32)20-15(10-28-30(13)20)3-2-14-9-27-19(26)8-16(14)12-31;;;/h5-9,11-12,15H,10,13H2,1-2H3;4-10,13,31H,11-12H2,1H3,(H2,26,27);3*1H2/q;;-1;;/t15-;13-;;;/m00.../s1/i24-1;;;;. The molecule has 0 spiro atoms. The highest BCUT2D eigenvalue weighted by molar-refractivity contribution is 7.59. The molecule has 0 unspecified atom stereocenters. The van der Waals surface area contributed by atoms with Crippen LogP contribution in [0, 0.1) is 30.6 Å². The van der Waals surface area contributed by atoms with Crippen molar-refractivity contribution in [3.05, 3.63) is 147 Å². The number of anilines is 3. The minimum Gasteiger partial charge on any atom is -0.577 e. The van der Waals surface area contributed by atoms with Crippen molar-refractivity contribution in [2.24, 2.45) is 0 Å². The van der Waals surface area contributed by atoms with Crippen LogP contribution >= 0.6 is 36.9 Å². The lowest BCUT2D eigenvalue weighted by atomic mass is 10.1. The van der Waals surface area contributed by atoms with Gasteiger partial charge in [-0.2, -0.15) is 63.5 Å². The molecule has 0 aliphatic carbocycles. The lowest BCUT2D eigenvalue weighted by molar-refractivity contribution is -0.138. The van der Waals surface area contributed by atoms with Crippen LogP contribution in [0.25, 0.3) is 0 Å². The number of nitrogens with zero attached hydrogens (tertiary/aromatic N) is 8. The summed E-state index contributed by atoms with van der Waals surface area (Å²) in [6.45, 7) is 4.98. The molecule has 8 rings (SSSR count). The Morgan fingerprint density at radius 1 is 0.657 bits per heavy atom. The second kappa shape index (κ2) is 21.5. The van der Waals surface area contributed by atoms with Gasteiger partial charge in [0.25, 0.3) is 11.8 Å². The minimum absolute atomic E-state index is 0. The van der Waals surface area contributed by atoms with E-state index in [0.29, 0.717) is 50.4 Å². The molecular formula is C45H42F7N9O3PS2-. The number of benzene rings is 2. The van der Waals surface area contributed by atoms with Crippen LogP contribution in [-0.2, 0) is 25.6 Å². The molecule has 0 radical (unpaired) electrons. The molecule has 3 N–H and O–H groups in total. The number of nitrogens with two attached hydrogens (primary N) is 1. The number of carbonyl (C=O) groups excluding carboxylic acids is 2. The van der Waals surface area contributed by atoms with Gasteiger partial charge in [-0.3, -0.25) is 23.9 Å². The zero-order valence-corrected chi connectivity index (χ0v) is 38.9. The van der Waals surface area contributed by atoms with Gasteiger partial charge in [-0.15, -0.1) is 0 Å². The molecule has 12 nitrogen and oxygen atoms in total. The van der Waals surface area contributed by atoms with Crippen molar-refractivity contribution in [2.45, 2.75) is 58.5 Å². The van der Waals surface area contributed by atoms with E-state index >= 15 is 0 Å². The first-order valence-corrected chi connectivity index (χ1v) is 19.4. The van der Waals surface area contributed by atoms with Crippen molar-refractivity contribution in [3.63, 3.8) is 0 Å². The zero-order chi connectivity index (χ0) is 46.1. The Labute approximate surface area is 397 Å². The van der Waals surface area contributed by atoms with Gasteiger partial charge in [0, 0.05) is 59.2 Å². The molecule has 352 valence electrons. The summed E-state index contributed by atoms with van der Waals surface area (Å²) in [6.07, 6.45) is -3.07. The maximum absolute atomic E-state index is 13.3. The molecule has 2 aliphatic heterocycles. The van der Waals surface area contributed by atoms with Crippen LogP contribution < -0.4 is 15.5 Å². The first-order valence-electron chi connectivity index (χ1n) is 19.4. The third kappa shape index (κ3) is 11.4. The number of halogens is 7. The number of hydrogen-bond acceptors (Lipinski definition) is 8. The van der Waals surface area contributed by atoms with E-state index in [9.17, 15) is 45.4 Å². The van der Waals surface area contributed by atoms with Gasteiger partial charge in [0.2, 0.25) is 0 Å². The van der Waals surface area contributed by atoms with Gasteiger partial charge in [-0.25, -0.2) is 9.37 Å². The number of alkyl halides is 7. The van der Waals surface area contributed by atoms with E-state index < -0.39 is 42.0 Å². The number of carbonyl (C=O) groups is 2. The minimum atomic E-state index is -4.46. The smallest absolute Gasteiger partial charge is 0.416 e. The van der Waals surface area contributed by atoms with Gasteiger partial charge >= 0.3 is 12.4 Å². The first kappa shape index (κ1) is 53.2. The highest BCUT2D eigenvalue weighted by Gasteiger charge is 2.36. The topological polar surface area (TPSA) is 148 Å². The Bertz CT molecular complexity index is 2690. The van der Waals surface area contributed by atoms with Gasteiger partial charge in [-0.1, -0.05) is 23.7 Å². The summed E-state index contributed by atoms with van der Waals surface area (Å²) in [6, 6.07) is 11.6. The van der Waals surface area contributed by atoms with Gasteiger partial charge < -0.3 is 30.5 Å². The molecular weight excluding hydrogens is 942 g/mol. The second-order valence-electron chi connectivity index (χ2n) is 14.9. The van der Waals surface area contributed by atoms with Crippen molar-refractivity contribution in [3.8, 4) is 23.7 Å². The average molecular weight is 984 g/mol. The molecule has 0 fully saturated rings. The van der Waals surface area contributed by atoms with Gasteiger partial charge in [0.15, 0.2) is 0 Å². The maximum Gasteiger partial charge on any atom is 0.416 e. The summed E-state index contributed by atoms with van der Waals surface area (Å²) in [7, 11) is 0. The molecule has 6 aromatic rings. The Kier molecular flexibility index (Phi) is 17.1. The fourth-order valence-electron chi connectivity index (χ4n) is 7.08. The molecule has 2 aliphatic rings. The van der Waals surface area contributed by atoms with Crippen molar-refractivity contribution < 1.29 is 45.4 Å². The fourth-order valence-corrected chi connectivity index (χ4v) is 7.08. The summed E-state index contributed by atoms with van der Waals surface area (Å²) in [4.78, 5) is 37.3. The molecule has 2 amide bonds. The lowest BCUT2D eigenvalue weighted by Crippen LogP contribution is -2.43. The van der Waals surface area contributed by atoms with Crippen LogP contribution in [0.4, 0.5) is 47.9 Å². The maximum atomic E-state index is 13.3. The molecule has 2 atom stereocenters. The monoisotopic (exact) mass is 983 g/mol. The quantitative estimate of drug-likeness (QED) is 0.102. The van der Waals surface area contributed by atoms with Crippen LogP contribution in [0.1, 0.15) is 97.1 Å². The number of aliphatic hydroxyl groups excluding tert-OH is 1. The molecule has 67 heavy (non-hydrogen) atoms. The molecule has 0 saturated carbocycles. The highest BCUT2D eigenvalue weighted by Crippen LogP contribution is 2.34. The number of aryl methyl sites for hydroxylation is 1. The molecule has 2 aromatic carbocycles. The van der Waals surface area contributed by atoms with Crippen molar-refractivity contribution in [1.29, 1.82) is 0 Å². The third-order valence-corrected chi connectivity index (χ3v) is 10.3. The van der Waals surface area contributed by atoms with Crippen molar-refractivity contribution in [1.82, 2.24) is 29.5 Å². The summed E-state index contributed by atoms with van der Waals surface area (Å²) < 4.78 is 93.7. The average Bonchev–Trinajstić information content (AvgIpc) is 3.91. The van der Waals surface area contributed by atoms with E-state index in [2.05, 4.69) is 43.8 Å². The van der Waals surface area contributed by atoms with Crippen LogP contribution in [0.3, 0.4) is 0 Å². The zero-order valence-electron chi connectivity index (χ0n) is 35.7. The van der Waals surface area contributed by atoms with Crippen LogP contribution in [-0.4, -0.2) is 59.5 Å². The molecule has 22 heteroatoms. The third-order valence-electron chi connectivity index (χ3n) is 10.3. The summed E-state index contributed by atoms with van der Waals surface area (Å²) in [5.74, 6) is 10.9. The first-order chi connectivity index (χ1) is 30.4. The number of pyridine rings is 2. The Balaban J connectivity index is 0.000000280. The number of aliphatic hydroxyl groups is 1. The van der Waals surface area contributed by atoms with E-state index in [1.807, 2.05) is 13.8 Å². The number of fused-ring (bicyclic) bond motifs is 2. The summed E-state index contributed by atoms with van der Waals surface area (Å²) in [5, 5.41) is 18.0. The molecule has 6 heterocycles. The van der Waals surface area contributed by atoms with E-state index in [1.165, 1.54) is 64.9 Å². The Morgan fingerprint density at radius 2 is 1.06 bits per heavy atom. The van der Waals surface area contributed by atoms with Gasteiger partial charge in [0.05, 0.1) is 53.3 Å². The SMILES string of the molecule is C[C@H]1CN(c2ccc(C(F)(F)F)cc2)C(=O)c2c(C#Cc3cnc(N)cc3CO)cnn21.Cc1cc(C[18F])c(C#Cc2cnn3c2C(=O)N(c2ccc(C(F)(F)F)cc2)C[C@@H]3C)cn1.S.S.[PH2-]. The van der Waals surface area contributed by atoms with Crippen LogP contribution in [0.5, 0.6) is 0 Å². The van der Waals surface area contributed by atoms with Crippen molar-refractivity contribution in [2.75, 3.05) is 28.6 Å². The largest absolute Gasteiger partial charge is 0.577 e. The number of hydrogen-bond donors (Lipinski definition) is 2. The predicted octanol–water partition coefficient (Wildman–Crippen LogP) is 8.24. The molecule has 0 saturated heterocycles. The predicted molar refractivity (Wildman–Crippen MR) is 251 cm³/mol. The van der Waals surface area contributed by atoms with Gasteiger partial charge in [-0.05, 0) is 87.0 Å². The fraction of sp³-hybridized carbons (Fsp3) is 0.244. The lowest BCUT2D eigenvalue weighted by Gasteiger charge is -2.32. The number of nitrogen functional groups attached to an aromatic ring is 1. The Hall–Kier alpha value is -6.38. The van der Waals surface area contributed by atoms with Crippen molar-refractivity contribution >= 4 is 65.9 Å². The summed E-state index contributed by atoms with van der Waals surface area (Å²) in [5.41, 5.74) is 8.38. The van der Waals surface area contributed by atoms with E-state index in [1.54, 1.807) is 22.4 Å².